The zero-order valence-corrected chi connectivity index (χ0v) is 10.1. The Labute approximate surface area is 102 Å². The van der Waals surface area contributed by atoms with Gasteiger partial charge in [0.15, 0.2) is 0 Å². The molecule has 4 heteroatoms. The van der Waals surface area contributed by atoms with Crippen LogP contribution in [0.2, 0.25) is 0 Å². The Balaban J connectivity index is 2.28. The summed E-state index contributed by atoms with van der Waals surface area (Å²) in [7, 11) is 0. The highest BCUT2D eigenvalue weighted by Crippen LogP contribution is 2.17. The summed E-state index contributed by atoms with van der Waals surface area (Å²) in [4.78, 5) is 8.41. The van der Waals surface area contributed by atoms with Gasteiger partial charge in [-0.2, -0.15) is 0 Å². The monoisotopic (exact) mass is 275 g/mol. The summed E-state index contributed by atoms with van der Waals surface area (Å²) in [6.45, 7) is 0. The van der Waals surface area contributed by atoms with Crippen LogP contribution in [0.25, 0.3) is 0 Å². The normalized spacial score (nSPS) is 11.4. The molecule has 0 atom stereocenters. The summed E-state index contributed by atoms with van der Waals surface area (Å²) < 4.78 is 1.02. The Morgan fingerprint density at radius 3 is 2.50 bits per heavy atom. The van der Waals surface area contributed by atoms with Crippen molar-refractivity contribution in [2.75, 3.05) is 0 Å². The minimum atomic E-state index is 0.419. The number of nitrogens with zero attached hydrogens (tertiary/aromatic N) is 2. The molecule has 0 saturated heterocycles. The van der Waals surface area contributed by atoms with Crippen molar-refractivity contribution in [2.24, 2.45) is 10.7 Å². The lowest BCUT2D eigenvalue weighted by Gasteiger charge is -1.99. The van der Waals surface area contributed by atoms with E-state index in [2.05, 4.69) is 25.9 Å². The molecule has 2 N–H and O–H groups in total. The predicted octanol–water partition coefficient (Wildman–Crippen LogP) is 2.88. The SMILES string of the molecule is NC(=Nc1ccc(Br)cc1)c1ccccn1. The summed E-state index contributed by atoms with van der Waals surface area (Å²) in [5.41, 5.74) is 7.34. The Bertz CT molecular complexity index is 491. The van der Waals surface area contributed by atoms with Gasteiger partial charge in [-0.3, -0.25) is 4.98 Å². The van der Waals surface area contributed by atoms with Crippen LogP contribution in [-0.4, -0.2) is 10.8 Å². The van der Waals surface area contributed by atoms with Gasteiger partial charge in [-0.1, -0.05) is 22.0 Å². The van der Waals surface area contributed by atoms with Gasteiger partial charge in [-0.05, 0) is 36.4 Å². The van der Waals surface area contributed by atoms with Crippen LogP contribution in [0, 0.1) is 0 Å². The van der Waals surface area contributed by atoms with E-state index in [1.807, 2.05) is 42.5 Å². The molecule has 1 aromatic carbocycles. The Kier molecular flexibility index (Phi) is 3.31. The number of hydrogen-bond acceptors (Lipinski definition) is 2. The van der Waals surface area contributed by atoms with Crippen molar-refractivity contribution in [3.05, 3.63) is 58.8 Å². The lowest BCUT2D eigenvalue weighted by molar-refractivity contribution is 1.27. The summed E-state index contributed by atoms with van der Waals surface area (Å²) in [6, 6.07) is 13.2. The standard InChI is InChI=1S/C12H10BrN3/c13-9-4-6-10(7-5-9)16-12(14)11-3-1-2-8-15-11/h1-8H,(H2,14,16). The maximum absolute atomic E-state index is 5.84. The lowest BCUT2D eigenvalue weighted by Crippen LogP contribution is -2.14. The minimum Gasteiger partial charge on any atom is -0.382 e. The van der Waals surface area contributed by atoms with Gasteiger partial charge >= 0.3 is 0 Å². The van der Waals surface area contributed by atoms with Crippen LogP contribution < -0.4 is 5.73 Å². The Morgan fingerprint density at radius 2 is 1.88 bits per heavy atom. The number of amidine groups is 1. The van der Waals surface area contributed by atoms with Gasteiger partial charge in [-0.15, -0.1) is 0 Å². The fraction of sp³-hybridized carbons (Fsp3) is 0. The molecule has 0 fully saturated rings. The molecule has 0 saturated carbocycles. The number of hydrogen-bond donors (Lipinski definition) is 1. The average molecular weight is 276 g/mol. The van der Waals surface area contributed by atoms with E-state index < -0.39 is 0 Å². The molecule has 1 heterocycles. The topological polar surface area (TPSA) is 51.3 Å². The number of pyridine rings is 1. The highest BCUT2D eigenvalue weighted by Gasteiger charge is 1.98. The maximum Gasteiger partial charge on any atom is 0.150 e. The number of aromatic nitrogens is 1. The van der Waals surface area contributed by atoms with Gasteiger partial charge in [-0.25, -0.2) is 4.99 Å². The highest BCUT2D eigenvalue weighted by atomic mass is 79.9. The van der Waals surface area contributed by atoms with Crippen LogP contribution in [0.1, 0.15) is 5.69 Å². The largest absolute Gasteiger partial charge is 0.382 e. The predicted molar refractivity (Wildman–Crippen MR) is 68.8 cm³/mol. The lowest BCUT2D eigenvalue weighted by atomic mass is 10.3. The summed E-state index contributed by atoms with van der Waals surface area (Å²) in [5.74, 6) is 0.419. The second-order valence-electron chi connectivity index (χ2n) is 3.19. The number of rotatable bonds is 2. The fourth-order valence-corrected chi connectivity index (χ4v) is 1.49. The Hall–Kier alpha value is -1.68. The Morgan fingerprint density at radius 1 is 1.12 bits per heavy atom. The third kappa shape index (κ3) is 2.67. The van der Waals surface area contributed by atoms with Crippen LogP contribution in [0.5, 0.6) is 0 Å². The molecular weight excluding hydrogens is 266 g/mol. The molecule has 0 aliphatic heterocycles. The summed E-state index contributed by atoms with van der Waals surface area (Å²) >= 11 is 3.36. The number of nitrogens with two attached hydrogens (primary N) is 1. The molecule has 2 rings (SSSR count). The van der Waals surface area contributed by atoms with Crippen LogP contribution in [0.3, 0.4) is 0 Å². The van der Waals surface area contributed by atoms with E-state index in [9.17, 15) is 0 Å². The van der Waals surface area contributed by atoms with Crippen LogP contribution in [-0.2, 0) is 0 Å². The van der Waals surface area contributed by atoms with Crippen LogP contribution in [0.4, 0.5) is 5.69 Å². The highest BCUT2D eigenvalue weighted by molar-refractivity contribution is 9.10. The molecule has 0 aliphatic rings. The van der Waals surface area contributed by atoms with Gasteiger partial charge in [0.25, 0.3) is 0 Å². The molecule has 80 valence electrons. The molecule has 0 radical (unpaired) electrons. The molecule has 0 unspecified atom stereocenters. The van der Waals surface area contributed by atoms with Gasteiger partial charge < -0.3 is 5.73 Å². The van der Waals surface area contributed by atoms with Crippen LogP contribution >= 0.6 is 15.9 Å². The molecular formula is C12H10BrN3. The summed E-state index contributed by atoms with van der Waals surface area (Å²) in [5, 5.41) is 0. The van der Waals surface area contributed by atoms with Crippen LogP contribution in [0.15, 0.2) is 58.1 Å². The first kappa shape index (κ1) is 10.8. The number of benzene rings is 1. The number of aliphatic imine (C=N–C) groups is 1. The quantitative estimate of drug-likeness (QED) is 0.677. The molecule has 3 nitrogen and oxygen atoms in total. The van der Waals surface area contributed by atoms with Crippen molar-refractivity contribution in [2.45, 2.75) is 0 Å². The van der Waals surface area contributed by atoms with Gasteiger partial charge in [0.05, 0.1) is 5.69 Å². The van der Waals surface area contributed by atoms with Crippen molar-refractivity contribution < 1.29 is 0 Å². The van der Waals surface area contributed by atoms with Gasteiger partial charge in [0.2, 0.25) is 0 Å². The molecule has 0 amide bonds. The molecule has 2 aromatic rings. The zero-order valence-electron chi connectivity index (χ0n) is 8.47. The first-order valence-corrected chi connectivity index (χ1v) is 5.56. The van der Waals surface area contributed by atoms with E-state index in [4.69, 9.17) is 5.73 Å². The van der Waals surface area contributed by atoms with E-state index in [1.165, 1.54) is 0 Å². The van der Waals surface area contributed by atoms with Crippen molar-refractivity contribution in [3.63, 3.8) is 0 Å². The first-order valence-electron chi connectivity index (χ1n) is 4.77. The molecule has 0 aliphatic carbocycles. The summed E-state index contributed by atoms with van der Waals surface area (Å²) in [6.07, 6.45) is 1.69. The fourth-order valence-electron chi connectivity index (χ4n) is 1.23. The van der Waals surface area contributed by atoms with E-state index >= 15 is 0 Å². The average Bonchev–Trinajstić information content (AvgIpc) is 2.33. The maximum atomic E-state index is 5.84. The van der Waals surface area contributed by atoms with Crippen molar-refractivity contribution in [1.29, 1.82) is 0 Å². The molecule has 0 bridgehead atoms. The van der Waals surface area contributed by atoms with Crippen molar-refractivity contribution in [1.82, 2.24) is 4.98 Å². The molecule has 1 aromatic heterocycles. The van der Waals surface area contributed by atoms with E-state index in [-0.39, 0.29) is 0 Å². The molecule has 0 spiro atoms. The van der Waals surface area contributed by atoms with Gasteiger partial charge in [0, 0.05) is 10.7 Å². The third-order valence-electron chi connectivity index (χ3n) is 2.00. The van der Waals surface area contributed by atoms with E-state index in [0.717, 1.165) is 10.2 Å². The smallest absolute Gasteiger partial charge is 0.150 e. The second kappa shape index (κ2) is 4.90. The second-order valence-corrected chi connectivity index (χ2v) is 4.10. The third-order valence-corrected chi connectivity index (χ3v) is 2.53. The minimum absolute atomic E-state index is 0.419. The zero-order chi connectivity index (χ0) is 11.4. The van der Waals surface area contributed by atoms with Crippen molar-refractivity contribution >= 4 is 27.5 Å². The van der Waals surface area contributed by atoms with Crippen molar-refractivity contribution in [3.8, 4) is 0 Å². The molecule has 16 heavy (non-hydrogen) atoms. The van der Waals surface area contributed by atoms with E-state index in [1.54, 1.807) is 6.20 Å². The van der Waals surface area contributed by atoms with E-state index in [0.29, 0.717) is 11.5 Å². The first-order chi connectivity index (χ1) is 7.75. The number of halogens is 1. The van der Waals surface area contributed by atoms with Gasteiger partial charge in [0.1, 0.15) is 11.5 Å².